The predicted octanol–water partition coefficient (Wildman–Crippen LogP) is 3.72. The van der Waals surface area contributed by atoms with Crippen molar-refractivity contribution in [3.63, 3.8) is 0 Å². The number of piperidine rings is 1. The summed E-state index contributed by atoms with van der Waals surface area (Å²) < 4.78 is 40.2. The fraction of sp³-hybridized carbons (Fsp3) is 0.409. The molecule has 1 N–H and O–H groups in total. The van der Waals surface area contributed by atoms with Crippen LogP contribution < -0.4 is 5.32 Å². The van der Waals surface area contributed by atoms with Crippen molar-refractivity contribution in [3.8, 4) is 0 Å². The minimum Gasteiger partial charge on any atom is -0.349 e. The number of rotatable bonds is 5. The maximum Gasteiger partial charge on any atom is 0.243 e. The zero-order chi connectivity index (χ0) is 21.2. The number of nitrogens with zero attached hydrogens (tertiary/aromatic N) is 1. The van der Waals surface area contributed by atoms with E-state index in [1.165, 1.54) is 16.4 Å². The quantitative estimate of drug-likeness (QED) is 0.805. The van der Waals surface area contributed by atoms with E-state index in [0.29, 0.717) is 19.4 Å². The fourth-order valence-corrected chi connectivity index (χ4v) is 5.29. The van der Waals surface area contributed by atoms with E-state index < -0.39 is 21.8 Å². The van der Waals surface area contributed by atoms with Crippen molar-refractivity contribution in [3.05, 3.63) is 65.0 Å². The van der Waals surface area contributed by atoms with E-state index >= 15 is 0 Å². The molecule has 0 unspecified atom stereocenters. The Morgan fingerprint density at radius 3 is 2.55 bits per heavy atom. The Balaban J connectivity index is 1.70. The van der Waals surface area contributed by atoms with Crippen LogP contribution in [0, 0.1) is 25.6 Å². The highest BCUT2D eigenvalue weighted by molar-refractivity contribution is 7.89. The van der Waals surface area contributed by atoms with E-state index in [4.69, 9.17) is 0 Å². The van der Waals surface area contributed by atoms with E-state index in [2.05, 4.69) is 11.4 Å². The van der Waals surface area contributed by atoms with Crippen LogP contribution in [0.1, 0.15) is 42.5 Å². The third-order valence-corrected chi connectivity index (χ3v) is 7.35. The summed E-state index contributed by atoms with van der Waals surface area (Å²) in [6, 6.07) is 10.8. The minimum absolute atomic E-state index is 0.0451. The van der Waals surface area contributed by atoms with Crippen molar-refractivity contribution in [2.75, 3.05) is 13.1 Å². The molecule has 2 aromatic rings. The van der Waals surface area contributed by atoms with Crippen molar-refractivity contribution in [2.24, 2.45) is 5.92 Å². The highest BCUT2D eigenvalue weighted by Crippen LogP contribution is 2.25. The van der Waals surface area contributed by atoms with E-state index in [9.17, 15) is 17.6 Å². The number of hydrogen-bond acceptors (Lipinski definition) is 3. The molecule has 3 rings (SSSR count). The molecule has 1 aliphatic rings. The van der Waals surface area contributed by atoms with Crippen molar-refractivity contribution in [2.45, 2.75) is 44.6 Å². The summed E-state index contributed by atoms with van der Waals surface area (Å²) in [4.78, 5) is 12.9. The van der Waals surface area contributed by atoms with Gasteiger partial charge in [0, 0.05) is 13.1 Å². The largest absolute Gasteiger partial charge is 0.349 e. The number of carbonyl (C=O) groups is 1. The summed E-state index contributed by atoms with van der Waals surface area (Å²) in [6.45, 7) is 6.45. The molecule has 0 radical (unpaired) electrons. The van der Waals surface area contributed by atoms with Crippen molar-refractivity contribution >= 4 is 15.9 Å². The molecular weight excluding hydrogens is 391 g/mol. The van der Waals surface area contributed by atoms with Crippen LogP contribution in [-0.4, -0.2) is 31.7 Å². The van der Waals surface area contributed by atoms with E-state index in [1.54, 1.807) is 0 Å². The Kier molecular flexibility index (Phi) is 6.39. The number of sulfonamides is 1. The van der Waals surface area contributed by atoms with Crippen molar-refractivity contribution < 1.29 is 17.6 Å². The molecule has 156 valence electrons. The first kappa shape index (κ1) is 21.5. The van der Waals surface area contributed by atoms with Gasteiger partial charge in [0.05, 0.1) is 16.9 Å². The predicted molar refractivity (Wildman–Crippen MR) is 110 cm³/mol. The van der Waals surface area contributed by atoms with E-state index in [-0.39, 0.29) is 23.4 Å². The highest BCUT2D eigenvalue weighted by atomic mass is 32.2. The van der Waals surface area contributed by atoms with Gasteiger partial charge in [-0.3, -0.25) is 4.79 Å². The lowest BCUT2D eigenvalue weighted by molar-refractivity contribution is -0.126. The Bertz CT molecular complexity index is 990. The van der Waals surface area contributed by atoms with Gasteiger partial charge in [-0.2, -0.15) is 4.31 Å². The fourth-order valence-electron chi connectivity index (χ4n) is 3.77. The summed E-state index contributed by atoms with van der Waals surface area (Å²) in [5.74, 6) is -1.04. The first-order valence-electron chi connectivity index (χ1n) is 9.81. The molecule has 0 aromatic heterocycles. The van der Waals surface area contributed by atoms with Gasteiger partial charge < -0.3 is 5.32 Å². The molecule has 0 bridgehead atoms. The molecule has 1 heterocycles. The van der Waals surface area contributed by atoms with E-state index in [0.717, 1.165) is 28.8 Å². The number of carbonyl (C=O) groups excluding carboxylic acids is 1. The Morgan fingerprint density at radius 2 is 1.86 bits per heavy atom. The van der Waals surface area contributed by atoms with Gasteiger partial charge in [0.15, 0.2) is 0 Å². The molecule has 1 fully saturated rings. The molecule has 29 heavy (non-hydrogen) atoms. The average molecular weight is 419 g/mol. The molecule has 1 amide bonds. The first-order chi connectivity index (χ1) is 13.7. The molecule has 7 heteroatoms. The zero-order valence-electron chi connectivity index (χ0n) is 17.0. The first-order valence-corrected chi connectivity index (χ1v) is 11.3. The molecular formula is C22H27FN2O3S. The van der Waals surface area contributed by atoms with Crippen LogP contribution >= 0.6 is 0 Å². The SMILES string of the molecule is Cc1ccc(C)c([C@H](C)NC(=O)[C@@H]2CCCN(S(=O)(=O)c3ccc(F)cc3)C2)c1. The normalized spacial score (nSPS) is 19.0. The third-order valence-electron chi connectivity index (χ3n) is 5.47. The molecule has 1 aliphatic heterocycles. The highest BCUT2D eigenvalue weighted by Gasteiger charge is 2.33. The molecule has 5 nitrogen and oxygen atoms in total. The smallest absolute Gasteiger partial charge is 0.243 e. The van der Waals surface area contributed by atoms with Gasteiger partial charge in [0.1, 0.15) is 5.82 Å². The summed E-state index contributed by atoms with van der Waals surface area (Å²) in [5, 5.41) is 3.04. The average Bonchev–Trinajstić information content (AvgIpc) is 2.70. The summed E-state index contributed by atoms with van der Waals surface area (Å²) in [7, 11) is -3.75. The topological polar surface area (TPSA) is 66.5 Å². The van der Waals surface area contributed by atoms with Gasteiger partial charge in [-0.05, 0) is 69.0 Å². The van der Waals surface area contributed by atoms with Gasteiger partial charge in [-0.1, -0.05) is 23.8 Å². The molecule has 0 saturated carbocycles. The maximum atomic E-state index is 13.1. The standard InChI is InChI=1S/C22H27FN2O3S/c1-15-6-7-16(2)21(13-15)17(3)24-22(26)18-5-4-12-25(14-18)29(27,28)20-10-8-19(23)9-11-20/h6-11,13,17-18H,4-5,12,14H2,1-3H3,(H,24,26)/t17-,18+/m0/s1. The third kappa shape index (κ3) is 4.85. The number of halogens is 1. The summed E-state index contributed by atoms with van der Waals surface area (Å²) in [6.07, 6.45) is 1.25. The second kappa shape index (κ2) is 8.63. The second-order valence-electron chi connectivity index (χ2n) is 7.75. The second-order valence-corrected chi connectivity index (χ2v) is 9.68. The molecule has 2 atom stereocenters. The number of hydrogen-bond donors (Lipinski definition) is 1. The van der Waals surface area contributed by atoms with Crippen LogP contribution in [0.4, 0.5) is 4.39 Å². The number of aryl methyl sites for hydroxylation is 2. The van der Waals surface area contributed by atoms with Crippen LogP contribution in [-0.2, 0) is 14.8 Å². The van der Waals surface area contributed by atoms with Gasteiger partial charge in [0.2, 0.25) is 15.9 Å². The van der Waals surface area contributed by atoms with E-state index in [1.807, 2.05) is 32.9 Å². The number of amides is 1. The van der Waals surface area contributed by atoms with Gasteiger partial charge >= 0.3 is 0 Å². The van der Waals surface area contributed by atoms with Crippen LogP contribution in [0.15, 0.2) is 47.4 Å². The Labute approximate surface area is 172 Å². The number of nitrogens with one attached hydrogen (secondary N) is 1. The van der Waals surface area contributed by atoms with Crippen LogP contribution in [0.3, 0.4) is 0 Å². The van der Waals surface area contributed by atoms with Gasteiger partial charge in [-0.15, -0.1) is 0 Å². The molecule has 1 saturated heterocycles. The van der Waals surface area contributed by atoms with Gasteiger partial charge in [0.25, 0.3) is 0 Å². The van der Waals surface area contributed by atoms with Crippen LogP contribution in [0.25, 0.3) is 0 Å². The lowest BCUT2D eigenvalue weighted by atomic mass is 9.96. The number of benzene rings is 2. The van der Waals surface area contributed by atoms with Crippen LogP contribution in [0.2, 0.25) is 0 Å². The van der Waals surface area contributed by atoms with Crippen molar-refractivity contribution in [1.82, 2.24) is 9.62 Å². The lowest BCUT2D eigenvalue weighted by Crippen LogP contribution is -2.45. The molecule has 0 aliphatic carbocycles. The lowest BCUT2D eigenvalue weighted by Gasteiger charge is -2.32. The summed E-state index contributed by atoms with van der Waals surface area (Å²) in [5.41, 5.74) is 3.29. The van der Waals surface area contributed by atoms with Crippen LogP contribution in [0.5, 0.6) is 0 Å². The monoisotopic (exact) mass is 418 g/mol. The Hall–Kier alpha value is -2.25. The summed E-state index contributed by atoms with van der Waals surface area (Å²) >= 11 is 0. The molecule has 2 aromatic carbocycles. The zero-order valence-corrected chi connectivity index (χ0v) is 17.8. The minimum atomic E-state index is -3.75. The van der Waals surface area contributed by atoms with Gasteiger partial charge in [-0.25, -0.2) is 12.8 Å². The maximum absolute atomic E-state index is 13.1. The van der Waals surface area contributed by atoms with Crippen molar-refractivity contribution in [1.29, 1.82) is 0 Å². The Morgan fingerprint density at radius 1 is 1.17 bits per heavy atom. The molecule has 0 spiro atoms.